The summed E-state index contributed by atoms with van der Waals surface area (Å²) < 4.78 is 25.8. The lowest BCUT2D eigenvalue weighted by molar-refractivity contribution is 0.104. The van der Waals surface area contributed by atoms with E-state index in [1.165, 1.54) is 18.3 Å². The highest BCUT2D eigenvalue weighted by Gasteiger charge is 2.02. The van der Waals surface area contributed by atoms with Gasteiger partial charge in [-0.3, -0.25) is 4.79 Å². The molecule has 0 saturated heterocycles. The van der Waals surface area contributed by atoms with Crippen LogP contribution in [0.4, 0.5) is 14.5 Å². The van der Waals surface area contributed by atoms with Crippen molar-refractivity contribution in [3.05, 3.63) is 77.5 Å². The Morgan fingerprint density at radius 2 is 1.81 bits per heavy atom. The number of hydrogen-bond donors (Lipinski definition) is 1. The van der Waals surface area contributed by atoms with Gasteiger partial charge < -0.3 is 5.32 Å². The Balaban J connectivity index is 1.99. The minimum Gasteiger partial charge on any atom is -0.361 e. The second kappa shape index (κ2) is 6.79. The van der Waals surface area contributed by atoms with Crippen molar-refractivity contribution in [2.45, 2.75) is 13.3 Å². The summed E-state index contributed by atoms with van der Waals surface area (Å²) in [5.74, 6) is -2.00. The number of hydrogen-bond acceptors (Lipinski definition) is 2. The molecular formula is C17H15F2NO. The molecule has 0 bridgehead atoms. The average Bonchev–Trinajstić information content (AvgIpc) is 2.51. The molecule has 0 spiro atoms. The van der Waals surface area contributed by atoms with Crippen molar-refractivity contribution in [2.24, 2.45) is 0 Å². The van der Waals surface area contributed by atoms with Gasteiger partial charge in [0.2, 0.25) is 0 Å². The van der Waals surface area contributed by atoms with Gasteiger partial charge in [0.15, 0.2) is 17.4 Å². The molecule has 0 aliphatic rings. The summed E-state index contributed by atoms with van der Waals surface area (Å²) in [7, 11) is 0. The molecular weight excluding hydrogens is 272 g/mol. The lowest BCUT2D eigenvalue weighted by Crippen LogP contribution is -1.97. The van der Waals surface area contributed by atoms with E-state index in [9.17, 15) is 13.6 Å². The third-order valence-electron chi connectivity index (χ3n) is 3.05. The molecule has 2 aromatic carbocycles. The van der Waals surface area contributed by atoms with Gasteiger partial charge in [-0.2, -0.15) is 0 Å². The van der Waals surface area contributed by atoms with Crippen molar-refractivity contribution in [3.8, 4) is 0 Å². The average molecular weight is 287 g/mol. The van der Waals surface area contributed by atoms with Crippen LogP contribution in [0.2, 0.25) is 0 Å². The molecule has 0 saturated carbocycles. The summed E-state index contributed by atoms with van der Waals surface area (Å²) in [6.45, 7) is 2.04. The Morgan fingerprint density at radius 3 is 2.43 bits per heavy atom. The fourth-order valence-corrected chi connectivity index (χ4v) is 1.80. The molecule has 108 valence electrons. The number of aryl methyl sites for hydroxylation is 1. The minimum absolute atomic E-state index is 0.160. The van der Waals surface area contributed by atoms with Gasteiger partial charge in [-0.15, -0.1) is 0 Å². The molecule has 0 fully saturated rings. The van der Waals surface area contributed by atoms with Crippen LogP contribution in [-0.4, -0.2) is 5.78 Å². The Hall–Kier alpha value is -2.49. The molecule has 0 unspecified atom stereocenters. The molecule has 0 aliphatic carbocycles. The molecule has 4 heteroatoms. The summed E-state index contributed by atoms with van der Waals surface area (Å²) in [6, 6.07) is 10.8. The van der Waals surface area contributed by atoms with E-state index in [0.717, 1.165) is 24.1 Å². The van der Waals surface area contributed by atoms with Crippen LogP contribution in [0.25, 0.3) is 0 Å². The molecule has 2 aromatic rings. The predicted octanol–water partition coefficient (Wildman–Crippen LogP) is 4.34. The van der Waals surface area contributed by atoms with Crippen molar-refractivity contribution in [1.29, 1.82) is 0 Å². The third kappa shape index (κ3) is 3.99. The van der Waals surface area contributed by atoms with Crippen LogP contribution in [0.1, 0.15) is 22.8 Å². The van der Waals surface area contributed by atoms with E-state index in [4.69, 9.17) is 0 Å². The smallest absolute Gasteiger partial charge is 0.187 e. The summed E-state index contributed by atoms with van der Waals surface area (Å²) in [6.07, 6.45) is 3.67. The molecule has 21 heavy (non-hydrogen) atoms. The summed E-state index contributed by atoms with van der Waals surface area (Å²) in [5, 5.41) is 2.73. The number of ketones is 1. The van der Waals surface area contributed by atoms with Gasteiger partial charge >= 0.3 is 0 Å². The SMILES string of the molecule is CCc1ccc(C(=O)C=CNc2ccc(F)c(F)c2)cc1. The maximum Gasteiger partial charge on any atom is 0.187 e. The largest absolute Gasteiger partial charge is 0.361 e. The Kier molecular flexibility index (Phi) is 4.82. The Morgan fingerprint density at radius 1 is 1.10 bits per heavy atom. The van der Waals surface area contributed by atoms with Crippen LogP contribution < -0.4 is 5.32 Å². The monoisotopic (exact) mass is 287 g/mol. The van der Waals surface area contributed by atoms with Gasteiger partial charge in [0.05, 0.1) is 0 Å². The van der Waals surface area contributed by atoms with Gasteiger partial charge in [0.1, 0.15) is 0 Å². The molecule has 0 atom stereocenters. The van der Waals surface area contributed by atoms with E-state index in [0.29, 0.717) is 11.3 Å². The van der Waals surface area contributed by atoms with Gasteiger partial charge in [-0.1, -0.05) is 31.2 Å². The van der Waals surface area contributed by atoms with E-state index in [1.807, 2.05) is 19.1 Å². The third-order valence-corrected chi connectivity index (χ3v) is 3.05. The van der Waals surface area contributed by atoms with Gasteiger partial charge in [0.25, 0.3) is 0 Å². The fraction of sp³-hybridized carbons (Fsp3) is 0.118. The molecule has 1 N–H and O–H groups in total. The van der Waals surface area contributed by atoms with Crippen molar-refractivity contribution < 1.29 is 13.6 Å². The first kappa shape index (κ1) is 14.9. The second-order valence-corrected chi connectivity index (χ2v) is 4.52. The number of nitrogens with one attached hydrogen (secondary N) is 1. The topological polar surface area (TPSA) is 29.1 Å². The summed E-state index contributed by atoms with van der Waals surface area (Å²) >= 11 is 0. The minimum atomic E-state index is -0.935. The highest BCUT2D eigenvalue weighted by Crippen LogP contribution is 2.13. The molecule has 2 nitrogen and oxygen atoms in total. The van der Waals surface area contributed by atoms with Gasteiger partial charge in [0, 0.05) is 29.6 Å². The summed E-state index contributed by atoms with van der Waals surface area (Å²) in [4.78, 5) is 11.9. The normalized spacial score (nSPS) is 10.8. The van der Waals surface area contributed by atoms with Crippen LogP contribution >= 0.6 is 0 Å². The molecule has 0 amide bonds. The van der Waals surface area contributed by atoms with E-state index < -0.39 is 11.6 Å². The lowest BCUT2D eigenvalue weighted by Gasteiger charge is -2.01. The molecule has 0 aliphatic heterocycles. The van der Waals surface area contributed by atoms with Gasteiger partial charge in [-0.25, -0.2) is 8.78 Å². The number of carbonyl (C=O) groups excluding carboxylic acids is 1. The van der Waals surface area contributed by atoms with Crippen LogP contribution in [0.3, 0.4) is 0 Å². The lowest BCUT2D eigenvalue weighted by atomic mass is 10.1. The number of carbonyl (C=O) groups is 1. The van der Waals surface area contributed by atoms with Crippen molar-refractivity contribution >= 4 is 11.5 Å². The zero-order valence-corrected chi connectivity index (χ0v) is 11.6. The highest BCUT2D eigenvalue weighted by molar-refractivity contribution is 6.04. The fourth-order valence-electron chi connectivity index (χ4n) is 1.80. The zero-order chi connectivity index (χ0) is 15.2. The standard InChI is InChI=1S/C17H15F2NO/c1-2-12-3-5-13(6-4-12)17(21)9-10-20-14-7-8-15(18)16(19)11-14/h3-11,20H,2H2,1H3. The van der Waals surface area contributed by atoms with Crippen molar-refractivity contribution in [1.82, 2.24) is 0 Å². The quantitative estimate of drug-likeness (QED) is 0.655. The predicted molar refractivity (Wildman–Crippen MR) is 79.3 cm³/mol. The van der Waals surface area contributed by atoms with E-state index in [1.54, 1.807) is 12.1 Å². The number of rotatable bonds is 5. The van der Waals surface area contributed by atoms with Crippen molar-refractivity contribution in [3.63, 3.8) is 0 Å². The molecule has 0 radical (unpaired) electrons. The number of halogens is 2. The molecule has 0 aromatic heterocycles. The van der Waals surface area contributed by atoms with Gasteiger partial charge in [-0.05, 0) is 24.1 Å². The van der Waals surface area contributed by atoms with E-state index >= 15 is 0 Å². The zero-order valence-electron chi connectivity index (χ0n) is 11.6. The second-order valence-electron chi connectivity index (χ2n) is 4.52. The highest BCUT2D eigenvalue weighted by atomic mass is 19.2. The number of anilines is 1. The first-order valence-corrected chi connectivity index (χ1v) is 6.61. The van der Waals surface area contributed by atoms with Crippen LogP contribution in [-0.2, 0) is 6.42 Å². The first-order chi connectivity index (χ1) is 10.1. The van der Waals surface area contributed by atoms with Crippen LogP contribution in [0, 0.1) is 11.6 Å². The number of benzene rings is 2. The van der Waals surface area contributed by atoms with Crippen LogP contribution in [0.15, 0.2) is 54.7 Å². The van der Waals surface area contributed by atoms with Crippen molar-refractivity contribution in [2.75, 3.05) is 5.32 Å². The van der Waals surface area contributed by atoms with Crippen LogP contribution in [0.5, 0.6) is 0 Å². The summed E-state index contributed by atoms with van der Waals surface area (Å²) in [5.41, 5.74) is 2.12. The number of allylic oxidation sites excluding steroid dienone is 1. The molecule has 2 rings (SSSR count). The van der Waals surface area contributed by atoms with E-state index in [2.05, 4.69) is 5.32 Å². The molecule has 0 heterocycles. The first-order valence-electron chi connectivity index (χ1n) is 6.61. The maximum atomic E-state index is 13.0. The maximum absolute atomic E-state index is 13.0. The Labute approximate surface area is 122 Å². The van der Waals surface area contributed by atoms with E-state index in [-0.39, 0.29) is 5.78 Å². The Bertz CT molecular complexity index is 663.